The maximum atomic E-state index is 13.6. The van der Waals surface area contributed by atoms with Crippen molar-refractivity contribution in [1.82, 2.24) is 26.7 Å². The van der Waals surface area contributed by atoms with Gasteiger partial charge in [0.2, 0.25) is 29.5 Å². The fraction of sp³-hybridized carbons (Fsp3) is 0.447. The molecule has 0 aliphatic rings. The average molecular weight is 735 g/mol. The minimum Gasteiger partial charge on any atom is -0.382 e. The number of aliphatic hydroxyl groups is 1. The Morgan fingerprint density at radius 1 is 0.792 bits per heavy atom. The molecule has 0 radical (unpaired) electrons. The van der Waals surface area contributed by atoms with Gasteiger partial charge >= 0.3 is 0 Å². The van der Waals surface area contributed by atoms with Crippen molar-refractivity contribution in [3.05, 3.63) is 71.3 Å². The van der Waals surface area contributed by atoms with E-state index in [1.54, 1.807) is 68.4 Å². The van der Waals surface area contributed by atoms with Crippen LogP contribution in [0.2, 0.25) is 0 Å². The van der Waals surface area contributed by atoms with Crippen LogP contribution in [0.4, 0.5) is 0 Å². The summed E-state index contributed by atoms with van der Waals surface area (Å²) in [5, 5.41) is 29.5. The van der Waals surface area contributed by atoms with Gasteiger partial charge < -0.3 is 32.1 Å². The summed E-state index contributed by atoms with van der Waals surface area (Å²) in [6, 6.07) is 12.7. The van der Waals surface area contributed by atoms with Crippen LogP contribution >= 0.6 is 0 Å². The molecule has 0 spiro atoms. The number of unbranched alkanes of at least 4 members (excludes halogenated alkanes) is 2. The minimum atomic E-state index is -1.89. The molecule has 0 aliphatic carbocycles. The van der Waals surface area contributed by atoms with Crippen molar-refractivity contribution in [3.63, 3.8) is 0 Å². The summed E-state index contributed by atoms with van der Waals surface area (Å²) >= 11 is 0. The Morgan fingerprint density at radius 3 is 2.06 bits per heavy atom. The SMILES string of the molecule is C#CCCCC(=O)NCCCCC(NC(=O)[C@H](Cc1ccc(C(=O)c2ccccc2)cc1)NC(=O)CNC(=O)[C@H](CC(C)C)[C@H](O)C(=O)NO)C(N)=O. The Balaban J connectivity index is 2.16. The molecule has 0 saturated heterocycles. The van der Waals surface area contributed by atoms with Crippen molar-refractivity contribution in [1.29, 1.82) is 0 Å². The van der Waals surface area contributed by atoms with E-state index in [2.05, 4.69) is 27.2 Å². The van der Waals surface area contributed by atoms with Crippen molar-refractivity contribution in [2.75, 3.05) is 13.1 Å². The first-order valence-electron chi connectivity index (χ1n) is 17.4. The average Bonchev–Trinajstić information content (AvgIpc) is 3.14. The second-order valence-electron chi connectivity index (χ2n) is 13.0. The highest BCUT2D eigenvalue weighted by Crippen LogP contribution is 2.17. The second kappa shape index (κ2) is 23.1. The van der Waals surface area contributed by atoms with Crippen LogP contribution in [0, 0.1) is 24.2 Å². The highest BCUT2D eigenvalue weighted by molar-refractivity contribution is 6.09. The van der Waals surface area contributed by atoms with E-state index < -0.39 is 60.2 Å². The maximum absolute atomic E-state index is 13.6. The molecule has 1 unspecified atom stereocenters. The predicted octanol–water partition coefficient (Wildman–Crippen LogP) is 0.650. The number of nitrogens with two attached hydrogens (primary N) is 1. The number of rotatable bonds is 23. The Bertz CT molecular complexity index is 1590. The van der Waals surface area contributed by atoms with E-state index in [4.69, 9.17) is 17.4 Å². The normalized spacial score (nSPS) is 13.0. The summed E-state index contributed by atoms with van der Waals surface area (Å²) in [5.74, 6) is -3.67. The van der Waals surface area contributed by atoms with Crippen LogP contribution in [-0.4, -0.2) is 82.8 Å². The number of hydroxylamine groups is 1. The molecule has 0 saturated carbocycles. The number of carbonyl (C=O) groups excluding carboxylic acids is 7. The fourth-order valence-electron chi connectivity index (χ4n) is 5.37. The minimum absolute atomic E-state index is 0.0588. The molecule has 0 aromatic heterocycles. The van der Waals surface area contributed by atoms with Crippen LogP contribution in [0.25, 0.3) is 0 Å². The molecule has 0 aliphatic heterocycles. The summed E-state index contributed by atoms with van der Waals surface area (Å²) in [5.41, 5.74) is 8.35. The lowest BCUT2D eigenvalue weighted by atomic mass is 9.91. The molecule has 286 valence electrons. The number of aliphatic hydroxyl groups excluding tert-OH is 1. The summed E-state index contributed by atoms with van der Waals surface area (Å²) in [4.78, 5) is 88.5. The van der Waals surface area contributed by atoms with Crippen molar-refractivity contribution in [2.24, 2.45) is 17.6 Å². The third kappa shape index (κ3) is 15.7. The van der Waals surface area contributed by atoms with Crippen molar-refractivity contribution in [2.45, 2.75) is 83.4 Å². The van der Waals surface area contributed by atoms with E-state index in [0.717, 1.165) is 0 Å². The lowest BCUT2D eigenvalue weighted by molar-refractivity contribution is -0.146. The summed E-state index contributed by atoms with van der Waals surface area (Å²) in [6.45, 7) is 3.22. The van der Waals surface area contributed by atoms with Gasteiger partial charge in [-0.25, -0.2) is 5.48 Å². The van der Waals surface area contributed by atoms with Crippen LogP contribution in [0.1, 0.15) is 80.3 Å². The Kier molecular flexibility index (Phi) is 19.0. The molecular weight excluding hydrogens is 684 g/mol. The molecule has 15 nitrogen and oxygen atoms in total. The van der Waals surface area contributed by atoms with Crippen LogP contribution in [0.15, 0.2) is 54.6 Å². The molecule has 2 rings (SSSR count). The van der Waals surface area contributed by atoms with E-state index in [1.165, 1.54) is 5.48 Å². The zero-order valence-electron chi connectivity index (χ0n) is 30.1. The third-order valence-corrected chi connectivity index (χ3v) is 8.22. The number of hydrogen-bond acceptors (Lipinski definition) is 9. The van der Waals surface area contributed by atoms with Gasteiger partial charge in [-0.05, 0) is 43.6 Å². The number of terminal acetylenes is 1. The lowest BCUT2D eigenvalue weighted by Crippen LogP contribution is -2.55. The van der Waals surface area contributed by atoms with Gasteiger partial charge in [0, 0.05) is 36.9 Å². The molecule has 2 aromatic carbocycles. The van der Waals surface area contributed by atoms with Crippen molar-refractivity contribution in [3.8, 4) is 12.3 Å². The molecule has 4 atom stereocenters. The smallest absolute Gasteiger partial charge is 0.272 e. The molecular formula is C38H50N6O9. The number of amides is 6. The quantitative estimate of drug-likeness (QED) is 0.0262. The Labute approximate surface area is 309 Å². The number of ketones is 1. The van der Waals surface area contributed by atoms with E-state index in [0.29, 0.717) is 55.3 Å². The number of nitrogens with one attached hydrogen (secondary N) is 5. The fourth-order valence-corrected chi connectivity index (χ4v) is 5.37. The van der Waals surface area contributed by atoms with E-state index >= 15 is 0 Å². The molecule has 2 aromatic rings. The first-order valence-corrected chi connectivity index (χ1v) is 17.4. The largest absolute Gasteiger partial charge is 0.382 e. The van der Waals surface area contributed by atoms with Crippen molar-refractivity contribution >= 4 is 41.2 Å². The number of primary amides is 1. The van der Waals surface area contributed by atoms with E-state index in [9.17, 15) is 38.7 Å². The summed E-state index contributed by atoms with van der Waals surface area (Å²) in [7, 11) is 0. The van der Waals surface area contributed by atoms with Gasteiger partial charge in [0.15, 0.2) is 5.78 Å². The molecule has 15 heteroatoms. The molecule has 53 heavy (non-hydrogen) atoms. The first kappa shape index (κ1) is 43.6. The number of benzene rings is 2. The Hall–Kier alpha value is -5.59. The standard InChI is InChI=1S/C38H50N6O9/c1-4-5-7-15-31(45)40-20-11-10-14-29(35(39)49)43-37(51)30(22-25-16-18-27(19-17-25)33(47)26-12-8-6-9-13-26)42-32(46)23-41-36(50)28(21-24(2)3)34(48)38(52)44-53/h1,6,8-9,12-13,16-19,24,28-30,34,48,53H,5,7,10-11,14-15,20-23H2,2-3H3,(H2,39,49)(H,40,45)(H,41,50)(H,42,46)(H,43,51)(H,44,52)/t28-,29?,30+,34+/m1/s1. The summed E-state index contributed by atoms with van der Waals surface area (Å²) < 4.78 is 0. The molecule has 6 amide bonds. The first-order chi connectivity index (χ1) is 25.3. The van der Waals surface area contributed by atoms with Crippen LogP contribution in [-0.2, 0) is 35.2 Å². The van der Waals surface area contributed by atoms with Crippen LogP contribution in [0.3, 0.4) is 0 Å². The van der Waals surface area contributed by atoms with E-state index in [-0.39, 0.29) is 36.9 Å². The monoisotopic (exact) mass is 734 g/mol. The van der Waals surface area contributed by atoms with Gasteiger partial charge in [0.1, 0.15) is 18.2 Å². The molecule has 0 bridgehead atoms. The maximum Gasteiger partial charge on any atom is 0.272 e. The zero-order valence-corrected chi connectivity index (χ0v) is 30.1. The number of hydrogen-bond donors (Lipinski definition) is 8. The van der Waals surface area contributed by atoms with E-state index in [1.807, 2.05) is 0 Å². The molecule has 0 fully saturated rings. The topological polar surface area (TPSA) is 246 Å². The highest BCUT2D eigenvalue weighted by Gasteiger charge is 2.33. The van der Waals surface area contributed by atoms with Gasteiger partial charge in [-0.3, -0.25) is 38.8 Å². The van der Waals surface area contributed by atoms with Gasteiger partial charge in [-0.2, -0.15) is 0 Å². The second-order valence-corrected chi connectivity index (χ2v) is 13.0. The zero-order chi connectivity index (χ0) is 39.3. The molecule has 0 heterocycles. The van der Waals surface area contributed by atoms with Gasteiger partial charge in [0.25, 0.3) is 5.91 Å². The summed E-state index contributed by atoms with van der Waals surface area (Å²) in [6.07, 6.45) is 5.75. The third-order valence-electron chi connectivity index (χ3n) is 8.22. The van der Waals surface area contributed by atoms with Gasteiger partial charge in [0.05, 0.1) is 12.5 Å². The predicted molar refractivity (Wildman–Crippen MR) is 195 cm³/mol. The molecule has 9 N–H and O–H groups in total. The highest BCUT2D eigenvalue weighted by atomic mass is 16.5. The van der Waals surface area contributed by atoms with Gasteiger partial charge in [-0.1, -0.05) is 68.4 Å². The lowest BCUT2D eigenvalue weighted by Gasteiger charge is -2.24. The van der Waals surface area contributed by atoms with Crippen molar-refractivity contribution < 1.29 is 43.9 Å². The van der Waals surface area contributed by atoms with Crippen LogP contribution < -0.4 is 32.5 Å². The Morgan fingerprint density at radius 2 is 1.45 bits per heavy atom. The van der Waals surface area contributed by atoms with Gasteiger partial charge in [-0.15, -0.1) is 12.3 Å². The van der Waals surface area contributed by atoms with Crippen LogP contribution in [0.5, 0.6) is 0 Å². The number of carbonyl (C=O) groups is 7.